The standard InChI is InChI=1S/C12H14N2S/c1-9-2-4-10(5-3-9)12(14-13)11-6-7-15-8-11/h2-8,12,14H,13H2,1H3. The first-order valence-electron chi connectivity index (χ1n) is 4.86. The third kappa shape index (κ3) is 2.26. The number of hydrazine groups is 1. The van der Waals surface area contributed by atoms with Gasteiger partial charge in [-0.15, -0.1) is 0 Å². The van der Waals surface area contributed by atoms with Crippen LogP contribution in [-0.2, 0) is 0 Å². The summed E-state index contributed by atoms with van der Waals surface area (Å²) in [5, 5.41) is 4.18. The molecule has 2 aromatic rings. The highest BCUT2D eigenvalue weighted by Gasteiger charge is 2.11. The summed E-state index contributed by atoms with van der Waals surface area (Å²) in [6, 6.07) is 10.6. The fourth-order valence-electron chi connectivity index (χ4n) is 1.58. The number of hydrogen-bond donors (Lipinski definition) is 2. The number of nitrogens with one attached hydrogen (secondary N) is 1. The molecule has 1 unspecified atom stereocenters. The molecule has 0 aliphatic carbocycles. The van der Waals surface area contributed by atoms with Gasteiger partial charge in [-0.05, 0) is 34.9 Å². The Morgan fingerprint density at radius 2 is 1.87 bits per heavy atom. The van der Waals surface area contributed by atoms with Gasteiger partial charge in [0.2, 0.25) is 0 Å². The van der Waals surface area contributed by atoms with E-state index in [0.717, 1.165) is 0 Å². The summed E-state index contributed by atoms with van der Waals surface area (Å²) in [6.45, 7) is 2.08. The Morgan fingerprint density at radius 3 is 2.40 bits per heavy atom. The van der Waals surface area contributed by atoms with Crippen molar-refractivity contribution in [3.05, 3.63) is 57.8 Å². The third-order valence-electron chi connectivity index (χ3n) is 2.45. The second kappa shape index (κ2) is 4.57. The molecule has 2 rings (SSSR count). The largest absolute Gasteiger partial charge is 0.271 e. The van der Waals surface area contributed by atoms with Crippen molar-refractivity contribution >= 4 is 11.3 Å². The molecular formula is C12H14N2S. The van der Waals surface area contributed by atoms with Crippen molar-refractivity contribution < 1.29 is 0 Å². The normalized spacial score (nSPS) is 12.7. The van der Waals surface area contributed by atoms with Gasteiger partial charge in [-0.25, -0.2) is 5.43 Å². The van der Waals surface area contributed by atoms with Gasteiger partial charge in [0.25, 0.3) is 0 Å². The summed E-state index contributed by atoms with van der Waals surface area (Å²) in [7, 11) is 0. The molecule has 2 nitrogen and oxygen atoms in total. The van der Waals surface area contributed by atoms with Gasteiger partial charge in [-0.2, -0.15) is 11.3 Å². The number of benzene rings is 1. The van der Waals surface area contributed by atoms with E-state index in [1.54, 1.807) is 11.3 Å². The zero-order valence-electron chi connectivity index (χ0n) is 8.60. The second-order valence-electron chi connectivity index (χ2n) is 3.57. The smallest absolute Gasteiger partial charge is 0.0718 e. The summed E-state index contributed by atoms with van der Waals surface area (Å²) >= 11 is 1.69. The number of rotatable bonds is 3. The van der Waals surface area contributed by atoms with E-state index in [0.29, 0.717) is 0 Å². The van der Waals surface area contributed by atoms with Crippen LogP contribution >= 0.6 is 11.3 Å². The first-order valence-corrected chi connectivity index (χ1v) is 5.80. The van der Waals surface area contributed by atoms with Crippen LogP contribution in [0.15, 0.2) is 41.1 Å². The van der Waals surface area contributed by atoms with Crippen LogP contribution in [0.25, 0.3) is 0 Å². The Balaban J connectivity index is 2.31. The van der Waals surface area contributed by atoms with Gasteiger partial charge in [-0.3, -0.25) is 5.84 Å². The molecule has 1 atom stereocenters. The van der Waals surface area contributed by atoms with Gasteiger partial charge in [0.15, 0.2) is 0 Å². The molecule has 0 radical (unpaired) electrons. The predicted molar refractivity (Wildman–Crippen MR) is 64.7 cm³/mol. The van der Waals surface area contributed by atoms with Crippen molar-refractivity contribution in [1.82, 2.24) is 5.43 Å². The Kier molecular flexibility index (Phi) is 3.16. The molecule has 0 spiro atoms. The zero-order valence-corrected chi connectivity index (χ0v) is 9.42. The number of nitrogens with two attached hydrogens (primary N) is 1. The summed E-state index contributed by atoms with van der Waals surface area (Å²) < 4.78 is 0. The van der Waals surface area contributed by atoms with Crippen LogP contribution in [0.5, 0.6) is 0 Å². The molecule has 0 aliphatic rings. The molecule has 0 saturated carbocycles. The molecule has 0 bridgehead atoms. The topological polar surface area (TPSA) is 38.0 Å². The van der Waals surface area contributed by atoms with Crippen LogP contribution in [0.4, 0.5) is 0 Å². The summed E-state index contributed by atoms with van der Waals surface area (Å²) in [6.07, 6.45) is 0. The summed E-state index contributed by atoms with van der Waals surface area (Å²) in [5.74, 6) is 5.59. The molecular weight excluding hydrogens is 204 g/mol. The van der Waals surface area contributed by atoms with Crippen molar-refractivity contribution in [1.29, 1.82) is 0 Å². The molecule has 3 N–H and O–H groups in total. The highest BCUT2D eigenvalue weighted by molar-refractivity contribution is 7.08. The van der Waals surface area contributed by atoms with Crippen LogP contribution in [0.1, 0.15) is 22.7 Å². The fourth-order valence-corrected chi connectivity index (χ4v) is 2.27. The maximum atomic E-state index is 5.59. The first kappa shape index (κ1) is 10.4. The van der Waals surface area contributed by atoms with E-state index >= 15 is 0 Å². The van der Waals surface area contributed by atoms with E-state index in [2.05, 4.69) is 53.4 Å². The lowest BCUT2D eigenvalue weighted by Crippen LogP contribution is -2.28. The van der Waals surface area contributed by atoms with E-state index in [9.17, 15) is 0 Å². The average Bonchev–Trinajstić information content (AvgIpc) is 2.75. The van der Waals surface area contributed by atoms with Gasteiger partial charge in [0.05, 0.1) is 6.04 Å². The Morgan fingerprint density at radius 1 is 1.13 bits per heavy atom. The lowest BCUT2D eigenvalue weighted by Gasteiger charge is -2.15. The highest BCUT2D eigenvalue weighted by Crippen LogP contribution is 2.23. The molecule has 0 amide bonds. The first-order chi connectivity index (χ1) is 7.31. The van der Waals surface area contributed by atoms with E-state index in [-0.39, 0.29) is 6.04 Å². The van der Waals surface area contributed by atoms with Crippen molar-refractivity contribution in [2.24, 2.45) is 5.84 Å². The third-order valence-corrected chi connectivity index (χ3v) is 3.16. The van der Waals surface area contributed by atoms with E-state index in [4.69, 9.17) is 5.84 Å². The van der Waals surface area contributed by atoms with E-state index < -0.39 is 0 Å². The minimum atomic E-state index is 0.0943. The van der Waals surface area contributed by atoms with Crippen LogP contribution in [0, 0.1) is 6.92 Å². The minimum Gasteiger partial charge on any atom is -0.271 e. The summed E-state index contributed by atoms with van der Waals surface area (Å²) in [5.41, 5.74) is 6.52. The molecule has 0 saturated heterocycles. The fraction of sp³-hybridized carbons (Fsp3) is 0.167. The number of thiophene rings is 1. The van der Waals surface area contributed by atoms with E-state index in [1.807, 2.05) is 0 Å². The quantitative estimate of drug-likeness (QED) is 0.614. The predicted octanol–water partition coefficient (Wildman–Crippen LogP) is 2.61. The van der Waals surface area contributed by atoms with Crippen molar-refractivity contribution in [3.8, 4) is 0 Å². The Bertz CT molecular complexity index is 406. The second-order valence-corrected chi connectivity index (χ2v) is 4.35. The number of hydrogen-bond acceptors (Lipinski definition) is 3. The molecule has 78 valence electrons. The molecule has 0 fully saturated rings. The molecule has 1 aromatic carbocycles. The monoisotopic (exact) mass is 218 g/mol. The van der Waals surface area contributed by atoms with Crippen molar-refractivity contribution in [3.63, 3.8) is 0 Å². The van der Waals surface area contributed by atoms with Crippen molar-refractivity contribution in [2.75, 3.05) is 0 Å². The van der Waals surface area contributed by atoms with Crippen LogP contribution in [0.3, 0.4) is 0 Å². The van der Waals surface area contributed by atoms with Gasteiger partial charge >= 0.3 is 0 Å². The van der Waals surface area contributed by atoms with Crippen LogP contribution in [0.2, 0.25) is 0 Å². The minimum absolute atomic E-state index is 0.0943. The van der Waals surface area contributed by atoms with E-state index in [1.165, 1.54) is 16.7 Å². The summed E-state index contributed by atoms with van der Waals surface area (Å²) in [4.78, 5) is 0. The van der Waals surface area contributed by atoms with Gasteiger partial charge in [-0.1, -0.05) is 29.8 Å². The SMILES string of the molecule is Cc1ccc(C(NN)c2ccsc2)cc1. The maximum absolute atomic E-state index is 5.59. The maximum Gasteiger partial charge on any atom is 0.0718 e. The van der Waals surface area contributed by atoms with Crippen molar-refractivity contribution in [2.45, 2.75) is 13.0 Å². The van der Waals surface area contributed by atoms with Crippen LogP contribution in [-0.4, -0.2) is 0 Å². The lowest BCUT2D eigenvalue weighted by molar-refractivity contribution is 0.639. The Labute approximate surface area is 93.7 Å². The molecule has 3 heteroatoms. The number of aryl methyl sites for hydroxylation is 1. The van der Waals surface area contributed by atoms with Gasteiger partial charge in [0, 0.05) is 0 Å². The lowest BCUT2D eigenvalue weighted by atomic mass is 10.0. The molecule has 1 aromatic heterocycles. The molecule has 1 heterocycles. The zero-order chi connectivity index (χ0) is 10.7. The molecule has 0 aliphatic heterocycles. The molecule has 15 heavy (non-hydrogen) atoms. The van der Waals surface area contributed by atoms with Gasteiger partial charge in [0.1, 0.15) is 0 Å². The van der Waals surface area contributed by atoms with Crippen LogP contribution < -0.4 is 11.3 Å². The Hall–Kier alpha value is -1.16. The van der Waals surface area contributed by atoms with Gasteiger partial charge < -0.3 is 0 Å². The average molecular weight is 218 g/mol. The highest BCUT2D eigenvalue weighted by atomic mass is 32.1.